The van der Waals surface area contributed by atoms with Crippen LogP contribution in [0.25, 0.3) is 0 Å². The molecule has 8 heteroatoms. The van der Waals surface area contributed by atoms with Crippen molar-refractivity contribution < 1.29 is 59.3 Å². The van der Waals surface area contributed by atoms with E-state index in [9.17, 15) is 0 Å². The second-order valence-corrected chi connectivity index (χ2v) is 1.47. The number of rotatable bonds is 0. The van der Waals surface area contributed by atoms with Crippen LogP contribution in [0, 0.1) is 0 Å². The molecule has 0 N–H and O–H groups in total. The molecule has 0 aromatic heterocycles. The third-order valence-corrected chi connectivity index (χ3v) is 0. The first-order valence-electron chi connectivity index (χ1n) is 2.72. The standard InChI is InChI=1S/3C2H4O2.Mg.Na/c3*1-2(3)4;;/h3*1H3,(H,3,4);;/q;;;+2;+1/p-3. The van der Waals surface area contributed by atoms with E-state index in [-0.39, 0.29) is 52.6 Å². The summed E-state index contributed by atoms with van der Waals surface area (Å²) in [5.41, 5.74) is 0. The van der Waals surface area contributed by atoms with E-state index in [2.05, 4.69) is 0 Å². The van der Waals surface area contributed by atoms with Crippen molar-refractivity contribution in [3.05, 3.63) is 0 Å². The molecule has 0 rings (SSSR count). The topological polar surface area (TPSA) is 120 Å². The van der Waals surface area contributed by atoms with Crippen LogP contribution in [-0.4, -0.2) is 41.0 Å². The molecule has 0 aliphatic rings. The van der Waals surface area contributed by atoms with Crippen molar-refractivity contribution in [1.82, 2.24) is 0 Å². The Labute approximate surface area is 120 Å². The fourth-order valence-electron chi connectivity index (χ4n) is 0. The zero-order chi connectivity index (χ0) is 10.7. The predicted molar refractivity (Wildman–Crippen MR) is 37.8 cm³/mol. The van der Waals surface area contributed by atoms with E-state index in [0.717, 1.165) is 20.8 Å². The van der Waals surface area contributed by atoms with E-state index in [0.29, 0.717) is 0 Å². The Bertz CT molecular complexity index is 120. The Kier molecular flexibility index (Phi) is 48.4. The SMILES string of the molecule is CC(=O)[O-].CC(=O)[O-].CC(=O)[O-].[Mg+2].[Na+]. The van der Waals surface area contributed by atoms with Crippen LogP contribution < -0.4 is 44.9 Å². The maximum Gasteiger partial charge on any atom is 2.00 e. The first-order valence-corrected chi connectivity index (χ1v) is 2.72. The summed E-state index contributed by atoms with van der Waals surface area (Å²) in [6.07, 6.45) is 0. The van der Waals surface area contributed by atoms with Crippen molar-refractivity contribution in [1.29, 1.82) is 0 Å². The number of hydrogen-bond donors (Lipinski definition) is 0. The Hall–Kier alpha value is 0.176. The summed E-state index contributed by atoms with van der Waals surface area (Å²) in [5, 5.41) is 26.7. The minimum absolute atomic E-state index is 0. The molecule has 0 saturated carbocycles. The summed E-state index contributed by atoms with van der Waals surface area (Å²) in [6, 6.07) is 0. The molecule has 0 spiro atoms. The van der Waals surface area contributed by atoms with Crippen LogP contribution in [0.2, 0.25) is 0 Å². The fourth-order valence-corrected chi connectivity index (χ4v) is 0. The smallest absolute Gasteiger partial charge is 0.550 e. The van der Waals surface area contributed by atoms with Gasteiger partial charge >= 0.3 is 52.6 Å². The van der Waals surface area contributed by atoms with E-state index in [1.54, 1.807) is 0 Å². The molecule has 0 aromatic rings. The largest absolute Gasteiger partial charge is 2.00 e. The van der Waals surface area contributed by atoms with Gasteiger partial charge in [-0.3, -0.25) is 0 Å². The minimum Gasteiger partial charge on any atom is -0.550 e. The van der Waals surface area contributed by atoms with Gasteiger partial charge in [0.2, 0.25) is 0 Å². The average molecular weight is 224 g/mol. The van der Waals surface area contributed by atoms with Crippen LogP contribution >= 0.6 is 0 Å². The van der Waals surface area contributed by atoms with E-state index in [4.69, 9.17) is 29.7 Å². The van der Waals surface area contributed by atoms with Gasteiger partial charge in [-0.1, -0.05) is 0 Å². The maximum atomic E-state index is 8.89. The molecule has 0 atom stereocenters. The van der Waals surface area contributed by atoms with Gasteiger partial charge in [0.25, 0.3) is 0 Å². The molecule has 0 saturated heterocycles. The van der Waals surface area contributed by atoms with Crippen molar-refractivity contribution in [3.8, 4) is 0 Å². The Morgan fingerprint density at radius 2 is 0.714 bits per heavy atom. The van der Waals surface area contributed by atoms with Gasteiger partial charge in [0, 0.05) is 17.9 Å². The molecule has 0 heterocycles. The maximum absolute atomic E-state index is 8.89. The molecule has 72 valence electrons. The number of aliphatic carboxylic acids is 3. The van der Waals surface area contributed by atoms with Crippen molar-refractivity contribution in [3.63, 3.8) is 0 Å². The quantitative estimate of drug-likeness (QED) is 0.377. The molecule has 0 unspecified atom stereocenters. The van der Waals surface area contributed by atoms with Gasteiger partial charge in [-0.2, -0.15) is 0 Å². The minimum atomic E-state index is -1.08. The van der Waals surface area contributed by atoms with E-state index >= 15 is 0 Å². The molecular formula is C6H9MgNaO6. The first-order chi connectivity index (χ1) is 5.20. The van der Waals surface area contributed by atoms with Gasteiger partial charge in [-0.05, 0) is 20.8 Å². The Morgan fingerprint density at radius 3 is 0.714 bits per heavy atom. The summed E-state index contributed by atoms with van der Waals surface area (Å²) in [4.78, 5) is 26.7. The van der Waals surface area contributed by atoms with Gasteiger partial charge in [0.1, 0.15) is 0 Å². The number of carboxylic acids is 3. The van der Waals surface area contributed by atoms with Gasteiger partial charge in [0.05, 0.1) is 0 Å². The van der Waals surface area contributed by atoms with Crippen LogP contribution in [0.3, 0.4) is 0 Å². The molecule has 0 aromatic carbocycles. The van der Waals surface area contributed by atoms with Crippen molar-refractivity contribution >= 4 is 41.0 Å². The number of carboxylic acid groups (broad SMARTS) is 3. The summed E-state index contributed by atoms with van der Waals surface area (Å²) < 4.78 is 0. The van der Waals surface area contributed by atoms with Crippen LogP contribution in [0.4, 0.5) is 0 Å². The predicted octanol–water partition coefficient (Wildman–Crippen LogP) is -7.11. The van der Waals surface area contributed by atoms with Crippen LogP contribution in [-0.2, 0) is 14.4 Å². The average Bonchev–Trinajstić information content (AvgIpc) is 1.54. The zero-order valence-electron chi connectivity index (χ0n) is 8.66. The van der Waals surface area contributed by atoms with Crippen LogP contribution in [0.15, 0.2) is 0 Å². The second kappa shape index (κ2) is 23.2. The molecule has 0 fully saturated rings. The van der Waals surface area contributed by atoms with Crippen LogP contribution in [0.5, 0.6) is 0 Å². The normalized spacial score (nSPS) is 5.36. The third-order valence-electron chi connectivity index (χ3n) is 0. The van der Waals surface area contributed by atoms with Crippen LogP contribution in [0.1, 0.15) is 20.8 Å². The zero-order valence-corrected chi connectivity index (χ0v) is 12.1. The summed E-state index contributed by atoms with van der Waals surface area (Å²) in [7, 11) is 0. The van der Waals surface area contributed by atoms with E-state index in [1.807, 2.05) is 0 Å². The van der Waals surface area contributed by atoms with Gasteiger partial charge in [0.15, 0.2) is 0 Å². The van der Waals surface area contributed by atoms with Gasteiger partial charge in [-0.25, -0.2) is 0 Å². The summed E-state index contributed by atoms with van der Waals surface area (Å²) in [5.74, 6) is -3.25. The molecule has 0 amide bonds. The number of hydrogen-bond acceptors (Lipinski definition) is 6. The fraction of sp³-hybridized carbons (Fsp3) is 0.500. The molecule has 0 bridgehead atoms. The monoisotopic (exact) mass is 224 g/mol. The second-order valence-electron chi connectivity index (χ2n) is 1.47. The van der Waals surface area contributed by atoms with E-state index < -0.39 is 17.9 Å². The molecule has 0 aliphatic heterocycles. The van der Waals surface area contributed by atoms with Gasteiger partial charge in [-0.15, -0.1) is 0 Å². The third kappa shape index (κ3) is 49000. The molecule has 14 heavy (non-hydrogen) atoms. The molecule has 0 aliphatic carbocycles. The Morgan fingerprint density at radius 1 is 0.714 bits per heavy atom. The number of carbonyl (C=O) groups excluding carboxylic acids is 3. The first kappa shape index (κ1) is 29.2. The Balaban J connectivity index is -0.0000000270. The van der Waals surface area contributed by atoms with Crippen molar-refractivity contribution in [2.75, 3.05) is 0 Å². The summed E-state index contributed by atoms with van der Waals surface area (Å²) in [6.45, 7) is 2.92. The molecule has 6 nitrogen and oxygen atoms in total. The van der Waals surface area contributed by atoms with Crippen molar-refractivity contribution in [2.45, 2.75) is 20.8 Å². The van der Waals surface area contributed by atoms with Gasteiger partial charge < -0.3 is 29.7 Å². The molecule has 0 radical (unpaired) electrons. The van der Waals surface area contributed by atoms with E-state index in [1.165, 1.54) is 0 Å². The number of carbonyl (C=O) groups is 3. The summed E-state index contributed by atoms with van der Waals surface area (Å²) >= 11 is 0. The van der Waals surface area contributed by atoms with Crippen molar-refractivity contribution in [2.24, 2.45) is 0 Å². The molecular weight excluding hydrogens is 215 g/mol.